The molecule has 0 radical (unpaired) electrons. The van der Waals surface area contributed by atoms with Crippen LogP contribution in [0.2, 0.25) is 0 Å². The monoisotopic (exact) mass is 402 g/mol. The maximum Gasteiger partial charge on any atom is 0.170 e. The number of thiocarbonyl (C=S) groups is 1. The minimum atomic E-state index is 0.0967. The number of nitrogens with zero attached hydrogens (tertiary/aromatic N) is 3. The van der Waals surface area contributed by atoms with Crippen molar-refractivity contribution in [2.45, 2.75) is 25.4 Å². The highest BCUT2D eigenvalue weighted by Crippen LogP contribution is 2.41. The van der Waals surface area contributed by atoms with Crippen LogP contribution >= 0.6 is 23.6 Å². The molecule has 2 aliphatic heterocycles. The van der Waals surface area contributed by atoms with Crippen LogP contribution < -0.4 is 5.32 Å². The maximum atomic E-state index is 5.74. The van der Waals surface area contributed by atoms with E-state index in [1.807, 2.05) is 29.7 Å². The number of thiophene rings is 1. The summed E-state index contributed by atoms with van der Waals surface area (Å²) in [7, 11) is 0. The van der Waals surface area contributed by atoms with E-state index in [-0.39, 0.29) is 12.1 Å². The number of hydrogen-bond donors (Lipinski definition) is 1. The third-order valence-corrected chi connectivity index (χ3v) is 6.79. The largest absolute Gasteiger partial charge is 0.379 e. The molecule has 0 saturated carbocycles. The van der Waals surface area contributed by atoms with E-state index in [1.165, 1.54) is 10.4 Å². The second kappa shape index (κ2) is 8.65. The lowest BCUT2D eigenvalue weighted by atomic mass is 10.0. The summed E-state index contributed by atoms with van der Waals surface area (Å²) in [4.78, 5) is 10.8. The molecule has 2 fully saturated rings. The predicted octanol–water partition coefficient (Wildman–Crippen LogP) is 3.15. The summed E-state index contributed by atoms with van der Waals surface area (Å²) in [5.41, 5.74) is 2.38. The molecule has 2 aromatic rings. The third-order valence-electron chi connectivity index (χ3n) is 5.35. The summed E-state index contributed by atoms with van der Waals surface area (Å²) < 4.78 is 5.45. The molecule has 2 aromatic heterocycles. The molecule has 5 nitrogen and oxygen atoms in total. The van der Waals surface area contributed by atoms with Gasteiger partial charge in [0.25, 0.3) is 0 Å². The number of rotatable bonds is 6. The minimum absolute atomic E-state index is 0.0967. The molecular formula is C20H26N4OS2. The fourth-order valence-corrected chi connectivity index (χ4v) is 5.31. The van der Waals surface area contributed by atoms with E-state index in [2.05, 4.69) is 44.5 Å². The van der Waals surface area contributed by atoms with Crippen LogP contribution in [0.5, 0.6) is 0 Å². The zero-order valence-electron chi connectivity index (χ0n) is 15.6. The fourth-order valence-electron chi connectivity index (χ4n) is 3.91. The first-order valence-corrected chi connectivity index (χ1v) is 10.8. The van der Waals surface area contributed by atoms with Gasteiger partial charge in [0.15, 0.2) is 5.11 Å². The van der Waals surface area contributed by atoms with Gasteiger partial charge in [-0.25, -0.2) is 0 Å². The van der Waals surface area contributed by atoms with E-state index < -0.39 is 0 Å². The van der Waals surface area contributed by atoms with Crippen LogP contribution in [0.1, 0.15) is 34.6 Å². The molecule has 2 saturated heterocycles. The molecular weight excluding hydrogens is 376 g/mol. The van der Waals surface area contributed by atoms with Gasteiger partial charge in [-0.05, 0) is 54.7 Å². The highest BCUT2D eigenvalue weighted by atomic mass is 32.1. The van der Waals surface area contributed by atoms with Crippen molar-refractivity contribution in [3.05, 3.63) is 52.0 Å². The van der Waals surface area contributed by atoms with Gasteiger partial charge in [0.1, 0.15) is 0 Å². The normalized spacial score (nSPS) is 23.6. The average Bonchev–Trinajstić information content (AvgIpc) is 3.26. The van der Waals surface area contributed by atoms with Crippen LogP contribution in [0.3, 0.4) is 0 Å². The zero-order chi connectivity index (χ0) is 18.6. The molecule has 4 heterocycles. The van der Waals surface area contributed by atoms with Crippen LogP contribution in [0.15, 0.2) is 35.8 Å². The number of aromatic nitrogens is 1. The molecule has 0 bridgehead atoms. The number of aryl methyl sites for hydroxylation is 1. The van der Waals surface area contributed by atoms with Gasteiger partial charge in [-0.2, -0.15) is 0 Å². The first kappa shape index (κ1) is 18.8. The Labute approximate surface area is 170 Å². The summed E-state index contributed by atoms with van der Waals surface area (Å²) in [5.74, 6) is 0. The molecule has 0 aliphatic carbocycles. The van der Waals surface area contributed by atoms with E-state index in [1.54, 1.807) is 0 Å². The van der Waals surface area contributed by atoms with Crippen molar-refractivity contribution >= 4 is 28.7 Å². The van der Waals surface area contributed by atoms with E-state index >= 15 is 0 Å². The van der Waals surface area contributed by atoms with E-state index in [4.69, 9.17) is 17.0 Å². The van der Waals surface area contributed by atoms with Crippen LogP contribution in [-0.4, -0.2) is 59.3 Å². The van der Waals surface area contributed by atoms with E-state index in [0.717, 1.165) is 56.6 Å². The van der Waals surface area contributed by atoms with Crippen molar-refractivity contribution < 1.29 is 4.74 Å². The van der Waals surface area contributed by atoms with Crippen LogP contribution in [-0.2, 0) is 4.74 Å². The number of hydrogen-bond acceptors (Lipinski definition) is 5. The van der Waals surface area contributed by atoms with Crippen LogP contribution in [0, 0.1) is 6.92 Å². The van der Waals surface area contributed by atoms with Gasteiger partial charge in [-0.3, -0.25) is 9.88 Å². The molecule has 0 aromatic carbocycles. The predicted molar refractivity (Wildman–Crippen MR) is 113 cm³/mol. The summed E-state index contributed by atoms with van der Waals surface area (Å²) in [6.07, 6.45) is 2.96. The van der Waals surface area contributed by atoms with Crippen molar-refractivity contribution in [3.63, 3.8) is 0 Å². The zero-order valence-corrected chi connectivity index (χ0v) is 17.3. The standard InChI is InChI=1S/C20H26N4OS2/c1-15-6-14-27-19(15)18-17(16-5-2-3-7-21-16)22-20(26)24(18)9-4-8-23-10-12-25-13-11-23/h2-3,5-7,14,17-18H,4,8-13H2,1H3,(H,22,26)/t17-,18+/m0/s1. The number of nitrogens with one attached hydrogen (secondary N) is 1. The lowest BCUT2D eigenvalue weighted by molar-refractivity contribution is 0.0365. The van der Waals surface area contributed by atoms with Crippen LogP contribution in [0.25, 0.3) is 0 Å². The lowest BCUT2D eigenvalue weighted by Gasteiger charge is -2.30. The van der Waals surface area contributed by atoms with Crippen molar-refractivity contribution in [1.29, 1.82) is 0 Å². The molecule has 27 heavy (non-hydrogen) atoms. The number of pyridine rings is 1. The van der Waals surface area contributed by atoms with Gasteiger partial charge in [0, 0.05) is 37.3 Å². The fraction of sp³-hybridized carbons (Fsp3) is 0.500. The topological polar surface area (TPSA) is 40.6 Å². The second-order valence-electron chi connectivity index (χ2n) is 7.10. The SMILES string of the molecule is Cc1ccsc1[C@H]1[C@H](c2ccccn2)NC(=S)N1CCCN1CCOCC1. The van der Waals surface area contributed by atoms with Gasteiger partial charge in [0.2, 0.25) is 0 Å². The third kappa shape index (κ3) is 4.16. The molecule has 0 unspecified atom stereocenters. The maximum absolute atomic E-state index is 5.74. The molecule has 1 N–H and O–H groups in total. The van der Waals surface area contributed by atoms with Gasteiger partial charge >= 0.3 is 0 Å². The van der Waals surface area contributed by atoms with E-state index in [9.17, 15) is 0 Å². The Bertz CT molecular complexity index is 760. The number of ether oxygens (including phenoxy) is 1. The Morgan fingerprint density at radius 1 is 1.26 bits per heavy atom. The molecule has 2 aliphatic rings. The molecule has 4 rings (SSSR count). The lowest BCUT2D eigenvalue weighted by Crippen LogP contribution is -2.38. The van der Waals surface area contributed by atoms with Gasteiger partial charge in [-0.15, -0.1) is 11.3 Å². The van der Waals surface area contributed by atoms with E-state index in [0.29, 0.717) is 0 Å². The highest BCUT2D eigenvalue weighted by Gasteiger charge is 2.40. The van der Waals surface area contributed by atoms with Crippen molar-refractivity contribution in [3.8, 4) is 0 Å². The minimum Gasteiger partial charge on any atom is -0.379 e. The van der Waals surface area contributed by atoms with Gasteiger partial charge in [0.05, 0.1) is 31.0 Å². The summed E-state index contributed by atoms with van der Waals surface area (Å²) in [6, 6.07) is 8.60. The summed E-state index contributed by atoms with van der Waals surface area (Å²) in [6.45, 7) is 8.00. The molecule has 0 amide bonds. The first-order valence-electron chi connectivity index (χ1n) is 9.56. The Morgan fingerprint density at radius 3 is 2.81 bits per heavy atom. The van der Waals surface area contributed by atoms with Crippen molar-refractivity contribution in [2.24, 2.45) is 0 Å². The highest BCUT2D eigenvalue weighted by molar-refractivity contribution is 7.80. The Morgan fingerprint density at radius 2 is 2.11 bits per heavy atom. The molecule has 2 atom stereocenters. The summed E-state index contributed by atoms with van der Waals surface area (Å²) in [5, 5.41) is 6.55. The first-order chi connectivity index (χ1) is 13.2. The van der Waals surface area contributed by atoms with Gasteiger partial charge in [-0.1, -0.05) is 6.07 Å². The molecule has 144 valence electrons. The van der Waals surface area contributed by atoms with Crippen molar-refractivity contribution in [1.82, 2.24) is 20.1 Å². The van der Waals surface area contributed by atoms with Crippen LogP contribution in [0.4, 0.5) is 0 Å². The average molecular weight is 403 g/mol. The smallest absolute Gasteiger partial charge is 0.170 e. The van der Waals surface area contributed by atoms with Crippen molar-refractivity contribution in [2.75, 3.05) is 39.4 Å². The quantitative estimate of drug-likeness (QED) is 0.749. The molecule has 0 spiro atoms. The number of morpholine rings is 1. The van der Waals surface area contributed by atoms with Gasteiger partial charge < -0.3 is 15.0 Å². The Balaban J connectivity index is 1.51. The Kier molecular flexibility index (Phi) is 6.02. The second-order valence-corrected chi connectivity index (χ2v) is 8.43. The Hall–Kier alpha value is -1.54. The molecule has 7 heteroatoms. The summed E-state index contributed by atoms with van der Waals surface area (Å²) >= 11 is 7.56.